The molecule has 0 aromatic heterocycles. The number of nitrogens with zero attached hydrogens (tertiary/aromatic N) is 1. The number of aryl methyl sites for hydroxylation is 1. The largest absolute Gasteiger partial charge is 0.478 e. The quantitative estimate of drug-likeness (QED) is 0.783. The second-order valence-electron chi connectivity index (χ2n) is 5.95. The molecule has 0 spiro atoms. The van der Waals surface area contributed by atoms with E-state index in [9.17, 15) is 9.59 Å². The standard InChI is InChI=1S/C14H21NO2.C4H4O4/c1-11-4-6-12(7-5-11)14(15(2)3)13-8-16-10-17-9-13;5-3(6)1-2-4(7)8/h4-7,13-14H,8-10H2,1-3H3;1-2H,(H,5,6)(H,7,8)/b;2-1+. The van der Waals surface area contributed by atoms with E-state index in [-0.39, 0.29) is 0 Å². The predicted octanol–water partition coefficient (Wildman–Crippen LogP) is 1.93. The lowest BCUT2D eigenvalue weighted by atomic mass is 9.92. The van der Waals surface area contributed by atoms with E-state index in [0.29, 0.717) is 30.9 Å². The highest BCUT2D eigenvalue weighted by molar-refractivity contribution is 5.89. The maximum absolute atomic E-state index is 9.55. The van der Waals surface area contributed by atoms with Crippen LogP contribution in [-0.4, -0.2) is 61.2 Å². The molecule has 0 bridgehead atoms. The number of carbonyl (C=O) groups is 2. The van der Waals surface area contributed by atoms with E-state index in [1.807, 2.05) is 0 Å². The molecule has 7 nitrogen and oxygen atoms in total. The van der Waals surface area contributed by atoms with Crippen molar-refractivity contribution >= 4 is 11.9 Å². The van der Waals surface area contributed by atoms with Crippen molar-refractivity contribution in [2.75, 3.05) is 34.1 Å². The van der Waals surface area contributed by atoms with Crippen LogP contribution in [0.15, 0.2) is 36.4 Å². The lowest BCUT2D eigenvalue weighted by Crippen LogP contribution is -2.36. The fourth-order valence-electron chi connectivity index (χ4n) is 2.59. The van der Waals surface area contributed by atoms with Crippen molar-refractivity contribution in [2.45, 2.75) is 13.0 Å². The lowest BCUT2D eigenvalue weighted by molar-refractivity contribution is -0.139. The Morgan fingerprint density at radius 1 is 1.08 bits per heavy atom. The van der Waals surface area contributed by atoms with Gasteiger partial charge in [0.25, 0.3) is 0 Å². The topological polar surface area (TPSA) is 96.3 Å². The number of benzene rings is 1. The Balaban J connectivity index is 0.000000333. The molecule has 1 atom stereocenters. The Hall–Kier alpha value is -2.22. The van der Waals surface area contributed by atoms with Crippen molar-refractivity contribution in [3.8, 4) is 0 Å². The minimum Gasteiger partial charge on any atom is -0.478 e. The molecule has 1 saturated heterocycles. The van der Waals surface area contributed by atoms with Crippen LogP contribution in [0.3, 0.4) is 0 Å². The van der Waals surface area contributed by atoms with Crippen molar-refractivity contribution < 1.29 is 29.3 Å². The SMILES string of the molecule is Cc1ccc(C(C2COCOC2)N(C)C)cc1.O=C(O)/C=C/C(=O)O. The first kappa shape index (κ1) is 20.8. The summed E-state index contributed by atoms with van der Waals surface area (Å²) in [6.07, 6.45) is 1.12. The summed E-state index contributed by atoms with van der Waals surface area (Å²) >= 11 is 0. The predicted molar refractivity (Wildman–Crippen MR) is 92.3 cm³/mol. The average molecular weight is 351 g/mol. The Morgan fingerprint density at radius 2 is 1.56 bits per heavy atom. The van der Waals surface area contributed by atoms with Crippen molar-refractivity contribution in [1.29, 1.82) is 0 Å². The first-order valence-electron chi connectivity index (χ1n) is 7.83. The molecule has 0 radical (unpaired) electrons. The van der Waals surface area contributed by atoms with Crippen molar-refractivity contribution in [2.24, 2.45) is 5.92 Å². The molecule has 1 heterocycles. The third-order valence-corrected chi connectivity index (χ3v) is 3.62. The minimum atomic E-state index is -1.26. The van der Waals surface area contributed by atoms with Gasteiger partial charge in [-0.15, -0.1) is 0 Å². The van der Waals surface area contributed by atoms with Crippen LogP contribution in [0.2, 0.25) is 0 Å². The summed E-state index contributed by atoms with van der Waals surface area (Å²) in [7, 11) is 4.22. The summed E-state index contributed by atoms with van der Waals surface area (Å²) < 4.78 is 10.8. The highest BCUT2D eigenvalue weighted by atomic mass is 16.7. The molecular weight excluding hydrogens is 326 g/mol. The van der Waals surface area contributed by atoms with Gasteiger partial charge in [-0.25, -0.2) is 9.59 Å². The van der Waals surface area contributed by atoms with Crippen molar-refractivity contribution in [3.63, 3.8) is 0 Å². The molecule has 1 aliphatic heterocycles. The van der Waals surface area contributed by atoms with Gasteiger partial charge in [0, 0.05) is 24.1 Å². The fraction of sp³-hybridized carbons (Fsp3) is 0.444. The van der Waals surface area contributed by atoms with Gasteiger partial charge in [-0.1, -0.05) is 29.8 Å². The fourth-order valence-corrected chi connectivity index (χ4v) is 2.59. The van der Waals surface area contributed by atoms with Crippen molar-refractivity contribution in [1.82, 2.24) is 4.90 Å². The number of carboxylic acid groups (broad SMARTS) is 2. The molecule has 0 saturated carbocycles. The third kappa shape index (κ3) is 7.93. The van der Waals surface area contributed by atoms with E-state index in [1.165, 1.54) is 11.1 Å². The summed E-state index contributed by atoms with van der Waals surface area (Å²) in [5.74, 6) is -2.11. The molecule has 1 aromatic carbocycles. The van der Waals surface area contributed by atoms with Crippen LogP contribution in [0.25, 0.3) is 0 Å². The number of ether oxygens (including phenoxy) is 2. The summed E-state index contributed by atoms with van der Waals surface area (Å²) in [5.41, 5.74) is 2.63. The van der Waals surface area contributed by atoms with E-state index in [1.54, 1.807) is 0 Å². The molecule has 25 heavy (non-hydrogen) atoms. The van der Waals surface area contributed by atoms with Crippen molar-refractivity contribution in [3.05, 3.63) is 47.5 Å². The highest BCUT2D eigenvalue weighted by Gasteiger charge is 2.27. The van der Waals surface area contributed by atoms with Gasteiger partial charge in [0.05, 0.1) is 13.2 Å². The molecule has 1 unspecified atom stereocenters. The molecule has 1 fully saturated rings. The monoisotopic (exact) mass is 351 g/mol. The van der Waals surface area contributed by atoms with E-state index in [0.717, 1.165) is 13.2 Å². The second kappa shape index (κ2) is 10.6. The van der Waals surface area contributed by atoms with Gasteiger partial charge in [-0.3, -0.25) is 0 Å². The molecule has 2 rings (SSSR count). The van der Waals surface area contributed by atoms with Crippen LogP contribution in [0, 0.1) is 12.8 Å². The first-order chi connectivity index (χ1) is 11.8. The molecule has 0 amide bonds. The zero-order valence-corrected chi connectivity index (χ0v) is 14.7. The molecule has 138 valence electrons. The van der Waals surface area contributed by atoms with E-state index >= 15 is 0 Å². The first-order valence-corrected chi connectivity index (χ1v) is 7.83. The summed E-state index contributed by atoms with van der Waals surface area (Å²) in [5, 5.41) is 15.6. The Labute approximate surface area is 147 Å². The number of hydrogen-bond donors (Lipinski definition) is 2. The summed E-state index contributed by atoms with van der Waals surface area (Å²) in [4.78, 5) is 21.4. The minimum absolute atomic E-state index is 0.357. The van der Waals surface area contributed by atoms with Gasteiger partial charge in [0.2, 0.25) is 0 Å². The average Bonchev–Trinajstić information content (AvgIpc) is 2.56. The molecule has 1 aromatic rings. The Bertz CT molecular complexity index is 560. The maximum Gasteiger partial charge on any atom is 0.328 e. The number of carboxylic acids is 2. The van der Waals surface area contributed by atoms with Gasteiger partial charge in [-0.05, 0) is 26.6 Å². The number of hydrogen-bond acceptors (Lipinski definition) is 5. The maximum atomic E-state index is 9.55. The zero-order chi connectivity index (χ0) is 18.8. The summed E-state index contributed by atoms with van der Waals surface area (Å²) in [6, 6.07) is 9.09. The van der Waals surface area contributed by atoms with Gasteiger partial charge in [0.15, 0.2) is 0 Å². The van der Waals surface area contributed by atoms with Gasteiger partial charge >= 0.3 is 11.9 Å². The second-order valence-corrected chi connectivity index (χ2v) is 5.95. The highest BCUT2D eigenvalue weighted by Crippen LogP contribution is 2.29. The van der Waals surface area contributed by atoms with Crippen LogP contribution in [-0.2, 0) is 19.1 Å². The Morgan fingerprint density at radius 3 is 1.96 bits per heavy atom. The smallest absolute Gasteiger partial charge is 0.328 e. The normalized spacial score (nSPS) is 16.3. The van der Waals surface area contributed by atoms with Gasteiger partial charge in [0.1, 0.15) is 6.79 Å². The molecule has 2 N–H and O–H groups in total. The van der Waals surface area contributed by atoms with Gasteiger partial charge in [-0.2, -0.15) is 0 Å². The van der Waals surface area contributed by atoms with Crippen LogP contribution >= 0.6 is 0 Å². The van der Waals surface area contributed by atoms with E-state index in [2.05, 4.69) is 50.2 Å². The molecule has 1 aliphatic rings. The third-order valence-electron chi connectivity index (χ3n) is 3.62. The van der Waals surface area contributed by atoms with E-state index < -0.39 is 11.9 Å². The molecule has 7 heteroatoms. The summed E-state index contributed by atoms with van der Waals surface area (Å²) in [6.45, 7) is 4.10. The molecule has 0 aliphatic carbocycles. The zero-order valence-electron chi connectivity index (χ0n) is 14.7. The van der Waals surface area contributed by atoms with E-state index in [4.69, 9.17) is 19.7 Å². The van der Waals surface area contributed by atoms with Crippen LogP contribution in [0.5, 0.6) is 0 Å². The Kier molecular flexibility index (Phi) is 8.83. The van der Waals surface area contributed by atoms with Crippen LogP contribution in [0.4, 0.5) is 0 Å². The lowest BCUT2D eigenvalue weighted by Gasteiger charge is -2.34. The number of aliphatic carboxylic acids is 2. The van der Waals surface area contributed by atoms with Crippen LogP contribution in [0.1, 0.15) is 17.2 Å². The molecular formula is C18H25NO6. The van der Waals surface area contributed by atoms with Crippen LogP contribution < -0.4 is 0 Å². The van der Waals surface area contributed by atoms with Gasteiger partial charge < -0.3 is 24.6 Å². The number of rotatable bonds is 5.